The number of nitrogens with zero attached hydrogens (tertiary/aromatic N) is 4. The van der Waals surface area contributed by atoms with Crippen molar-refractivity contribution in [2.24, 2.45) is 7.05 Å². The highest BCUT2D eigenvalue weighted by atomic mass is 19.4. The van der Waals surface area contributed by atoms with E-state index in [4.69, 9.17) is 0 Å². The molecule has 25 heavy (non-hydrogen) atoms. The van der Waals surface area contributed by atoms with E-state index in [1.54, 1.807) is 36.9 Å². The van der Waals surface area contributed by atoms with Gasteiger partial charge >= 0.3 is 6.18 Å². The third-order valence-electron chi connectivity index (χ3n) is 3.03. The Labute approximate surface area is 144 Å². The van der Waals surface area contributed by atoms with Crippen LogP contribution in [0.3, 0.4) is 0 Å². The summed E-state index contributed by atoms with van der Waals surface area (Å²) < 4.78 is 39.1. The number of aldehydes is 1. The van der Waals surface area contributed by atoms with Crippen LogP contribution in [0.4, 0.5) is 13.2 Å². The monoisotopic (exact) mass is 354 g/mol. The molecule has 0 saturated heterocycles. The van der Waals surface area contributed by atoms with E-state index >= 15 is 0 Å². The second-order valence-electron chi connectivity index (χ2n) is 5.55. The Bertz CT molecular complexity index is 789. The van der Waals surface area contributed by atoms with Crippen LogP contribution in [-0.4, -0.2) is 39.8 Å². The number of aromatic nitrogens is 3. The van der Waals surface area contributed by atoms with Gasteiger partial charge in [-0.2, -0.15) is 13.2 Å². The molecule has 2 rings (SSSR count). The van der Waals surface area contributed by atoms with E-state index in [9.17, 15) is 18.0 Å². The molecule has 0 fully saturated rings. The molecule has 0 aliphatic heterocycles. The molecular formula is C17H21F3N4O. The van der Waals surface area contributed by atoms with E-state index in [0.29, 0.717) is 11.5 Å². The number of fused-ring (bicyclic) bond motifs is 1. The number of aryl methyl sites for hydroxylation is 1. The summed E-state index contributed by atoms with van der Waals surface area (Å²) in [6.45, 7) is 3.58. The predicted molar refractivity (Wildman–Crippen MR) is 91.7 cm³/mol. The lowest BCUT2D eigenvalue weighted by molar-refractivity contribution is -0.137. The average Bonchev–Trinajstić information content (AvgIpc) is 2.82. The van der Waals surface area contributed by atoms with E-state index < -0.39 is 11.7 Å². The summed E-state index contributed by atoms with van der Waals surface area (Å²) in [5.41, 5.74) is 0.645. The van der Waals surface area contributed by atoms with Crippen LogP contribution in [0.2, 0.25) is 0 Å². The SMILES string of the molecule is C/C(C=O)=C\N(C)C.C/C=C/c1nc2cc(C(F)(F)F)cnc2n1C. The summed E-state index contributed by atoms with van der Waals surface area (Å²) in [5, 5.41) is 0. The molecule has 0 aliphatic rings. The zero-order valence-electron chi connectivity index (χ0n) is 14.8. The van der Waals surface area contributed by atoms with Crippen molar-refractivity contribution in [3.05, 3.63) is 41.5 Å². The number of allylic oxidation sites excluding steroid dienone is 2. The molecule has 2 aromatic heterocycles. The van der Waals surface area contributed by atoms with Crippen LogP contribution < -0.4 is 0 Å². The molecule has 0 amide bonds. The van der Waals surface area contributed by atoms with Gasteiger partial charge in [0.25, 0.3) is 0 Å². The average molecular weight is 354 g/mol. The standard InChI is InChI=1S/C11H10F3N3.C6H11NO/c1-3-4-9-16-8-5-7(11(12,13)14)6-15-10(8)17(9)2;1-6(5-8)4-7(2)3/h3-6H,1-2H3;4-5H,1-3H3/b4-3+;6-4+. The number of pyridine rings is 1. The number of imidazole rings is 1. The molecule has 0 saturated carbocycles. The Morgan fingerprint density at radius 2 is 1.96 bits per heavy atom. The first-order valence-corrected chi connectivity index (χ1v) is 7.42. The van der Waals surface area contributed by atoms with Gasteiger partial charge in [0, 0.05) is 39.1 Å². The molecule has 0 aliphatic carbocycles. The number of hydrogen-bond acceptors (Lipinski definition) is 4. The van der Waals surface area contributed by atoms with E-state index in [1.165, 1.54) is 0 Å². The van der Waals surface area contributed by atoms with Gasteiger partial charge in [-0.25, -0.2) is 9.97 Å². The Morgan fingerprint density at radius 3 is 2.40 bits per heavy atom. The van der Waals surface area contributed by atoms with Gasteiger partial charge < -0.3 is 9.47 Å². The van der Waals surface area contributed by atoms with Crippen LogP contribution in [-0.2, 0) is 18.0 Å². The van der Waals surface area contributed by atoms with E-state index in [0.717, 1.165) is 24.1 Å². The van der Waals surface area contributed by atoms with Crippen LogP contribution >= 0.6 is 0 Å². The van der Waals surface area contributed by atoms with Gasteiger partial charge in [0.1, 0.15) is 17.6 Å². The fraction of sp³-hybridized carbons (Fsp3) is 0.353. The van der Waals surface area contributed by atoms with Crippen molar-refractivity contribution in [2.45, 2.75) is 20.0 Å². The Balaban J connectivity index is 0.000000333. The highest BCUT2D eigenvalue weighted by Crippen LogP contribution is 2.30. The van der Waals surface area contributed by atoms with Crippen LogP contribution in [0.15, 0.2) is 30.1 Å². The third-order valence-corrected chi connectivity index (χ3v) is 3.03. The number of carbonyl (C=O) groups is 1. The quantitative estimate of drug-likeness (QED) is 0.623. The van der Waals surface area contributed by atoms with Crippen LogP contribution in [0, 0.1) is 0 Å². The zero-order valence-corrected chi connectivity index (χ0v) is 14.8. The summed E-state index contributed by atoms with van der Waals surface area (Å²) in [6, 6.07) is 1.01. The number of halogens is 3. The highest BCUT2D eigenvalue weighted by molar-refractivity contribution is 5.74. The molecule has 8 heteroatoms. The summed E-state index contributed by atoms with van der Waals surface area (Å²) >= 11 is 0. The van der Waals surface area contributed by atoms with Crippen LogP contribution in [0.25, 0.3) is 17.2 Å². The van der Waals surface area contributed by atoms with Crippen LogP contribution in [0.5, 0.6) is 0 Å². The largest absolute Gasteiger partial charge is 0.417 e. The van der Waals surface area contributed by atoms with Gasteiger partial charge in [-0.3, -0.25) is 4.79 Å². The molecule has 0 aromatic carbocycles. The minimum Gasteiger partial charge on any atom is -0.383 e. The van der Waals surface area contributed by atoms with Crippen molar-refractivity contribution in [1.82, 2.24) is 19.4 Å². The molecule has 0 atom stereocenters. The van der Waals surface area contributed by atoms with E-state index in [-0.39, 0.29) is 5.52 Å². The van der Waals surface area contributed by atoms with Crippen molar-refractivity contribution in [3.8, 4) is 0 Å². The molecule has 2 heterocycles. The number of alkyl halides is 3. The van der Waals surface area contributed by atoms with Crippen molar-refractivity contribution < 1.29 is 18.0 Å². The second-order valence-corrected chi connectivity index (χ2v) is 5.55. The van der Waals surface area contributed by atoms with E-state index in [2.05, 4.69) is 9.97 Å². The van der Waals surface area contributed by atoms with Gasteiger partial charge in [-0.1, -0.05) is 6.08 Å². The number of hydrogen-bond donors (Lipinski definition) is 0. The number of carbonyl (C=O) groups excluding carboxylic acids is 1. The molecular weight excluding hydrogens is 333 g/mol. The predicted octanol–water partition coefficient (Wildman–Crippen LogP) is 3.67. The van der Waals surface area contributed by atoms with Gasteiger partial charge in [-0.15, -0.1) is 0 Å². The molecule has 136 valence electrons. The molecule has 2 aromatic rings. The lowest BCUT2D eigenvalue weighted by atomic mass is 10.2. The maximum absolute atomic E-state index is 12.5. The summed E-state index contributed by atoms with van der Waals surface area (Å²) in [6.07, 6.45) is 2.52. The normalized spacial score (nSPS) is 12.2. The fourth-order valence-corrected chi connectivity index (χ4v) is 1.98. The van der Waals surface area contributed by atoms with Crippen LogP contribution in [0.1, 0.15) is 25.2 Å². The zero-order chi connectivity index (χ0) is 19.2. The maximum Gasteiger partial charge on any atom is 0.417 e. The first-order chi connectivity index (χ1) is 11.6. The minimum atomic E-state index is -4.39. The van der Waals surface area contributed by atoms with Crippen molar-refractivity contribution in [1.29, 1.82) is 0 Å². The van der Waals surface area contributed by atoms with Crippen molar-refractivity contribution in [2.75, 3.05) is 14.1 Å². The minimum absolute atomic E-state index is 0.246. The molecule has 0 radical (unpaired) electrons. The number of rotatable bonds is 3. The Hall–Kier alpha value is -2.64. The third kappa shape index (κ3) is 5.74. The molecule has 5 nitrogen and oxygen atoms in total. The molecule has 0 unspecified atom stereocenters. The topological polar surface area (TPSA) is 51.0 Å². The highest BCUT2D eigenvalue weighted by Gasteiger charge is 2.31. The smallest absolute Gasteiger partial charge is 0.383 e. The van der Waals surface area contributed by atoms with Gasteiger partial charge in [-0.05, 0) is 26.0 Å². The van der Waals surface area contributed by atoms with Crippen molar-refractivity contribution in [3.63, 3.8) is 0 Å². The summed E-state index contributed by atoms with van der Waals surface area (Å²) in [4.78, 5) is 19.7. The summed E-state index contributed by atoms with van der Waals surface area (Å²) in [5.74, 6) is 0.578. The van der Waals surface area contributed by atoms with Crippen molar-refractivity contribution >= 4 is 23.5 Å². The van der Waals surface area contributed by atoms with Gasteiger partial charge in [0.2, 0.25) is 0 Å². The first kappa shape index (κ1) is 20.4. The lowest BCUT2D eigenvalue weighted by Gasteiger charge is -2.04. The molecule has 0 N–H and O–H groups in total. The first-order valence-electron chi connectivity index (χ1n) is 7.42. The van der Waals surface area contributed by atoms with Gasteiger partial charge in [0.05, 0.1) is 5.56 Å². The fourth-order valence-electron chi connectivity index (χ4n) is 1.98. The maximum atomic E-state index is 12.5. The van der Waals surface area contributed by atoms with E-state index in [1.807, 2.05) is 25.9 Å². The summed E-state index contributed by atoms with van der Waals surface area (Å²) in [7, 11) is 5.48. The Kier molecular flexibility index (Phi) is 6.90. The molecule has 0 spiro atoms. The lowest BCUT2D eigenvalue weighted by Crippen LogP contribution is -2.05. The molecule has 0 bridgehead atoms. The van der Waals surface area contributed by atoms with Gasteiger partial charge in [0.15, 0.2) is 5.65 Å². The Morgan fingerprint density at radius 1 is 1.32 bits per heavy atom. The second kappa shape index (κ2) is 8.46.